The van der Waals surface area contributed by atoms with E-state index >= 15 is 0 Å². The summed E-state index contributed by atoms with van der Waals surface area (Å²) in [6.45, 7) is 6.67. The average molecular weight is 551 g/mol. The van der Waals surface area contributed by atoms with Crippen LogP contribution in [0.3, 0.4) is 0 Å². The molecule has 2 amide bonds. The Bertz CT molecular complexity index is 1410. The Hall–Kier alpha value is -4.21. The Kier molecular flexibility index (Phi) is 8.86. The minimum atomic E-state index is -0.668. The van der Waals surface area contributed by atoms with Crippen LogP contribution in [0.4, 0.5) is 4.79 Å². The van der Waals surface area contributed by atoms with E-state index in [1.54, 1.807) is 58.7 Å². The average Bonchev–Trinajstić information content (AvgIpc) is 3.69. The molecule has 1 aromatic heterocycles. The largest absolute Gasteiger partial charge is 0.497 e. The fraction of sp³-hybridized carbons (Fsp3) is 0.433. The number of carbonyl (C=O) groups is 2. The highest BCUT2D eigenvalue weighted by Gasteiger charge is 2.22. The molecule has 1 aliphatic rings. The molecule has 4 rings (SSSR count). The highest BCUT2D eigenvalue weighted by molar-refractivity contribution is 5.94. The minimum absolute atomic E-state index is 0.239. The summed E-state index contributed by atoms with van der Waals surface area (Å²) in [5.41, 5.74) is 1.93. The van der Waals surface area contributed by atoms with Gasteiger partial charge in [0.25, 0.3) is 5.91 Å². The standard InChI is InChI=1S/C30H38N4O6/c1-30(2,3)40-29(36)32-28-33(4)9-10-34(28)18-22-11-23(15-26(14-22)39-19-20-7-8-20)27(35)31-17-21-12-24(37-5)16-25(13-21)38-6/h9-16,20H,7-8,17-19H2,1-6H3,(H,31,35)/b32-28+. The van der Waals surface area contributed by atoms with Gasteiger partial charge in [0.1, 0.15) is 22.8 Å². The Morgan fingerprint density at radius 2 is 1.62 bits per heavy atom. The van der Waals surface area contributed by atoms with E-state index in [2.05, 4.69) is 10.3 Å². The lowest BCUT2D eigenvalue weighted by atomic mass is 10.1. The molecule has 0 saturated heterocycles. The van der Waals surface area contributed by atoms with Gasteiger partial charge >= 0.3 is 6.09 Å². The molecule has 1 N–H and O–H groups in total. The molecule has 1 heterocycles. The van der Waals surface area contributed by atoms with E-state index in [0.29, 0.717) is 54.0 Å². The Morgan fingerprint density at radius 1 is 0.950 bits per heavy atom. The first-order valence-corrected chi connectivity index (χ1v) is 13.3. The van der Waals surface area contributed by atoms with E-state index in [4.69, 9.17) is 18.9 Å². The van der Waals surface area contributed by atoms with Gasteiger partial charge in [-0.2, -0.15) is 0 Å². The maximum atomic E-state index is 13.3. The quantitative estimate of drug-likeness (QED) is 0.400. The van der Waals surface area contributed by atoms with Crippen LogP contribution in [-0.2, 0) is 24.9 Å². The summed E-state index contributed by atoms with van der Waals surface area (Å²) in [6.07, 6.45) is 5.29. The van der Waals surface area contributed by atoms with Crippen LogP contribution in [0.1, 0.15) is 55.1 Å². The molecule has 2 aromatic carbocycles. The van der Waals surface area contributed by atoms with Gasteiger partial charge in [0.2, 0.25) is 5.62 Å². The van der Waals surface area contributed by atoms with Crippen molar-refractivity contribution in [1.82, 2.24) is 14.5 Å². The molecule has 40 heavy (non-hydrogen) atoms. The second kappa shape index (κ2) is 12.3. The van der Waals surface area contributed by atoms with Gasteiger partial charge in [-0.25, -0.2) is 4.79 Å². The van der Waals surface area contributed by atoms with E-state index in [9.17, 15) is 9.59 Å². The van der Waals surface area contributed by atoms with Crippen molar-refractivity contribution in [3.63, 3.8) is 0 Å². The summed E-state index contributed by atoms with van der Waals surface area (Å²) in [6, 6.07) is 11.0. The number of methoxy groups -OCH3 is 2. The smallest absolute Gasteiger partial charge is 0.437 e. The molecule has 1 aliphatic carbocycles. The van der Waals surface area contributed by atoms with Crippen LogP contribution < -0.4 is 25.1 Å². The number of ether oxygens (including phenoxy) is 4. The highest BCUT2D eigenvalue weighted by atomic mass is 16.6. The zero-order valence-corrected chi connectivity index (χ0v) is 24.0. The third-order valence-electron chi connectivity index (χ3n) is 6.26. The summed E-state index contributed by atoms with van der Waals surface area (Å²) >= 11 is 0. The summed E-state index contributed by atoms with van der Waals surface area (Å²) in [7, 11) is 4.98. The summed E-state index contributed by atoms with van der Waals surface area (Å²) in [5.74, 6) is 2.24. The molecule has 10 heteroatoms. The zero-order chi connectivity index (χ0) is 28.9. The molecule has 0 atom stereocenters. The van der Waals surface area contributed by atoms with E-state index in [-0.39, 0.29) is 5.91 Å². The van der Waals surface area contributed by atoms with E-state index < -0.39 is 11.7 Å². The Labute approximate surface area is 234 Å². The number of carbonyl (C=O) groups excluding carboxylic acids is 2. The number of hydrogen-bond donors (Lipinski definition) is 1. The fourth-order valence-electron chi connectivity index (χ4n) is 4.06. The predicted molar refractivity (Wildman–Crippen MR) is 150 cm³/mol. The van der Waals surface area contributed by atoms with Crippen LogP contribution in [-0.4, -0.2) is 47.6 Å². The van der Waals surface area contributed by atoms with Gasteiger partial charge in [-0.1, -0.05) is 0 Å². The third kappa shape index (κ3) is 8.14. The number of hydrogen-bond acceptors (Lipinski definition) is 6. The molecule has 0 radical (unpaired) electrons. The zero-order valence-electron chi connectivity index (χ0n) is 24.0. The van der Waals surface area contributed by atoms with E-state index in [0.717, 1.165) is 24.0 Å². The first-order chi connectivity index (χ1) is 19.0. The molecule has 1 fully saturated rings. The lowest BCUT2D eigenvalue weighted by Gasteiger charge is -2.17. The van der Waals surface area contributed by atoms with E-state index in [1.807, 2.05) is 41.2 Å². The van der Waals surface area contributed by atoms with Crippen molar-refractivity contribution in [2.75, 3.05) is 20.8 Å². The summed E-state index contributed by atoms with van der Waals surface area (Å²) in [5, 5.41) is 2.98. The normalized spacial score (nSPS) is 13.6. The Balaban J connectivity index is 1.57. The lowest BCUT2D eigenvalue weighted by Crippen LogP contribution is -2.29. The molecule has 0 unspecified atom stereocenters. The van der Waals surface area contributed by atoms with Crippen molar-refractivity contribution in [1.29, 1.82) is 0 Å². The minimum Gasteiger partial charge on any atom is -0.497 e. The number of rotatable bonds is 10. The molecule has 214 valence electrons. The van der Waals surface area contributed by atoms with Crippen molar-refractivity contribution in [2.24, 2.45) is 18.0 Å². The van der Waals surface area contributed by atoms with Gasteiger partial charge in [-0.05, 0) is 81.0 Å². The molecular weight excluding hydrogens is 512 g/mol. The number of benzene rings is 2. The van der Waals surface area contributed by atoms with Crippen molar-refractivity contribution in [3.8, 4) is 17.2 Å². The molecule has 1 saturated carbocycles. The SMILES string of the molecule is COc1cc(CNC(=O)c2cc(Cn3ccn(C)/c3=N\C(=O)OC(C)(C)C)cc(OCC3CC3)c2)cc(OC)c1. The van der Waals surface area contributed by atoms with Gasteiger partial charge in [0.15, 0.2) is 0 Å². The second-order valence-electron chi connectivity index (χ2n) is 11.0. The first-order valence-electron chi connectivity index (χ1n) is 13.3. The number of aryl methyl sites for hydroxylation is 1. The maximum absolute atomic E-state index is 13.3. The molecule has 0 spiro atoms. The van der Waals surface area contributed by atoms with Gasteiger partial charge < -0.3 is 33.4 Å². The topological polar surface area (TPSA) is 105 Å². The molecular formula is C30H38N4O6. The number of imidazole rings is 1. The molecule has 0 bridgehead atoms. The van der Waals surface area contributed by atoms with Gasteiger partial charge in [0.05, 0.1) is 27.4 Å². The number of amides is 2. The van der Waals surface area contributed by atoms with Gasteiger partial charge in [-0.15, -0.1) is 4.99 Å². The van der Waals surface area contributed by atoms with Crippen LogP contribution >= 0.6 is 0 Å². The Morgan fingerprint density at radius 3 is 2.25 bits per heavy atom. The number of nitrogens with one attached hydrogen (secondary N) is 1. The fourth-order valence-corrected chi connectivity index (χ4v) is 4.06. The summed E-state index contributed by atoms with van der Waals surface area (Å²) in [4.78, 5) is 29.8. The van der Waals surface area contributed by atoms with Gasteiger partial charge in [-0.3, -0.25) is 4.79 Å². The van der Waals surface area contributed by atoms with Crippen LogP contribution in [0.2, 0.25) is 0 Å². The molecule has 0 aliphatic heterocycles. The van der Waals surface area contributed by atoms with Gasteiger partial charge in [0, 0.05) is 37.6 Å². The monoisotopic (exact) mass is 550 g/mol. The highest BCUT2D eigenvalue weighted by Crippen LogP contribution is 2.30. The number of nitrogens with zero attached hydrogens (tertiary/aromatic N) is 3. The maximum Gasteiger partial charge on any atom is 0.437 e. The van der Waals surface area contributed by atoms with Crippen molar-refractivity contribution >= 4 is 12.0 Å². The lowest BCUT2D eigenvalue weighted by molar-refractivity contribution is 0.0593. The second-order valence-corrected chi connectivity index (χ2v) is 11.0. The molecule has 3 aromatic rings. The van der Waals surface area contributed by atoms with Crippen LogP contribution in [0.5, 0.6) is 17.2 Å². The van der Waals surface area contributed by atoms with Crippen molar-refractivity contribution in [3.05, 3.63) is 71.1 Å². The van der Waals surface area contributed by atoms with E-state index in [1.165, 1.54) is 0 Å². The van der Waals surface area contributed by atoms with Crippen LogP contribution in [0.25, 0.3) is 0 Å². The van der Waals surface area contributed by atoms with Crippen molar-refractivity contribution in [2.45, 2.75) is 52.3 Å². The van der Waals surface area contributed by atoms with Crippen molar-refractivity contribution < 1.29 is 28.5 Å². The predicted octanol–water partition coefficient (Wildman–Crippen LogP) is 4.45. The van der Waals surface area contributed by atoms with Crippen LogP contribution in [0.15, 0.2) is 53.8 Å². The summed E-state index contributed by atoms with van der Waals surface area (Å²) < 4.78 is 25.7. The first kappa shape index (κ1) is 28.8. The van der Waals surface area contributed by atoms with Crippen LogP contribution in [0, 0.1) is 5.92 Å². The molecule has 10 nitrogen and oxygen atoms in total. The number of aromatic nitrogens is 2. The third-order valence-corrected chi connectivity index (χ3v) is 6.26.